The molecule has 7 heteroatoms. The Morgan fingerprint density at radius 1 is 1.32 bits per heavy atom. The van der Waals surface area contributed by atoms with E-state index < -0.39 is 11.9 Å². The zero-order chi connectivity index (χ0) is 16.1. The van der Waals surface area contributed by atoms with Gasteiger partial charge in [0.1, 0.15) is 12.4 Å². The second-order valence-corrected chi connectivity index (χ2v) is 4.51. The molecule has 3 amide bonds. The lowest BCUT2D eigenvalue weighted by molar-refractivity contribution is 0.0837. The maximum Gasteiger partial charge on any atom is 0.321 e. The fourth-order valence-electron chi connectivity index (χ4n) is 1.67. The average Bonchev–Trinajstić information content (AvgIpc) is 2.52. The number of aromatic nitrogens is 1. The van der Waals surface area contributed by atoms with E-state index in [1.165, 1.54) is 37.5 Å². The molecule has 2 N–H and O–H groups in total. The molecule has 0 spiro atoms. The zero-order valence-corrected chi connectivity index (χ0v) is 11.8. The summed E-state index contributed by atoms with van der Waals surface area (Å²) in [5, 5.41) is 0. The van der Waals surface area contributed by atoms with E-state index in [0.717, 1.165) is 4.90 Å². The number of primary amides is 1. The van der Waals surface area contributed by atoms with Crippen LogP contribution in [0.5, 0.6) is 5.88 Å². The predicted molar refractivity (Wildman–Crippen MR) is 76.6 cm³/mol. The number of urea groups is 1. The summed E-state index contributed by atoms with van der Waals surface area (Å²) in [4.78, 5) is 27.5. The lowest BCUT2D eigenvalue weighted by Crippen LogP contribution is -2.37. The lowest BCUT2D eigenvalue weighted by atomic mass is 10.2. The molecule has 0 aliphatic heterocycles. The fourth-order valence-corrected chi connectivity index (χ4v) is 1.67. The van der Waals surface area contributed by atoms with Gasteiger partial charge in [-0.25, -0.2) is 14.2 Å². The number of hydrogen-bond donors (Lipinski definition) is 1. The third-order valence-electron chi connectivity index (χ3n) is 2.89. The van der Waals surface area contributed by atoms with Crippen LogP contribution in [0.1, 0.15) is 15.9 Å². The number of carbonyl (C=O) groups is 2. The molecule has 1 aromatic heterocycles. The molecule has 0 saturated heterocycles. The third kappa shape index (κ3) is 3.78. The van der Waals surface area contributed by atoms with E-state index >= 15 is 0 Å². The molecule has 0 atom stereocenters. The monoisotopic (exact) mass is 303 g/mol. The van der Waals surface area contributed by atoms with E-state index in [4.69, 9.17) is 10.5 Å². The maximum absolute atomic E-state index is 13.0. The molecule has 0 radical (unpaired) electrons. The van der Waals surface area contributed by atoms with Crippen molar-refractivity contribution in [1.82, 2.24) is 9.88 Å². The van der Waals surface area contributed by atoms with Gasteiger partial charge >= 0.3 is 6.03 Å². The van der Waals surface area contributed by atoms with Gasteiger partial charge in [0.2, 0.25) is 5.88 Å². The van der Waals surface area contributed by atoms with Gasteiger partial charge in [-0.3, -0.25) is 9.69 Å². The van der Waals surface area contributed by atoms with Crippen LogP contribution >= 0.6 is 0 Å². The van der Waals surface area contributed by atoms with Crippen LogP contribution in [0, 0.1) is 5.82 Å². The van der Waals surface area contributed by atoms with Crippen LogP contribution in [0.3, 0.4) is 0 Å². The molecule has 0 fully saturated rings. The second kappa shape index (κ2) is 6.66. The molecule has 22 heavy (non-hydrogen) atoms. The highest BCUT2D eigenvalue weighted by Gasteiger charge is 2.16. The number of hydrogen-bond acceptors (Lipinski definition) is 4. The number of ether oxygens (including phenoxy) is 1. The Bertz CT molecular complexity index is 689. The summed E-state index contributed by atoms with van der Waals surface area (Å²) < 4.78 is 18.4. The summed E-state index contributed by atoms with van der Waals surface area (Å²) >= 11 is 0. The van der Waals surface area contributed by atoms with Gasteiger partial charge in [0.25, 0.3) is 5.91 Å². The Labute approximate surface area is 126 Å². The van der Waals surface area contributed by atoms with E-state index in [9.17, 15) is 14.0 Å². The number of rotatable bonds is 4. The summed E-state index contributed by atoms with van der Waals surface area (Å²) in [6.07, 6.45) is 1.28. The smallest absolute Gasteiger partial charge is 0.321 e. The number of nitrogens with two attached hydrogens (primary N) is 1. The molecule has 6 nitrogen and oxygen atoms in total. The number of amides is 3. The first kappa shape index (κ1) is 15.4. The standard InChI is InChI=1S/C15H14FN3O3/c1-19(15(17)21)14(20)11-5-6-13(18-8-11)22-9-10-3-2-4-12(16)7-10/h2-8H,9H2,1H3,(H2,17,21). The molecule has 0 saturated carbocycles. The molecular weight excluding hydrogens is 289 g/mol. The summed E-state index contributed by atoms with van der Waals surface area (Å²) in [5.74, 6) is -0.622. The Kier molecular flexibility index (Phi) is 4.67. The van der Waals surface area contributed by atoms with Gasteiger partial charge in [-0.1, -0.05) is 12.1 Å². The molecule has 0 bridgehead atoms. The van der Waals surface area contributed by atoms with Crippen LogP contribution < -0.4 is 10.5 Å². The first-order chi connectivity index (χ1) is 10.5. The van der Waals surface area contributed by atoms with Crippen molar-refractivity contribution in [1.29, 1.82) is 0 Å². The molecule has 1 aromatic carbocycles. The Morgan fingerprint density at radius 2 is 2.09 bits per heavy atom. The lowest BCUT2D eigenvalue weighted by Gasteiger charge is -2.12. The maximum atomic E-state index is 13.0. The quantitative estimate of drug-likeness (QED) is 0.935. The van der Waals surface area contributed by atoms with Crippen molar-refractivity contribution in [3.8, 4) is 5.88 Å². The van der Waals surface area contributed by atoms with Crippen molar-refractivity contribution in [2.24, 2.45) is 5.73 Å². The molecule has 1 heterocycles. The van der Waals surface area contributed by atoms with Crippen LogP contribution in [0.4, 0.5) is 9.18 Å². The highest BCUT2D eigenvalue weighted by Crippen LogP contribution is 2.12. The highest BCUT2D eigenvalue weighted by atomic mass is 19.1. The van der Waals surface area contributed by atoms with Gasteiger partial charge in [-0.2, -0.15) is 0 Å². The Hall–Kier alpha value is -2.96. The van der Waals surface area contributed by atoms with Gasteiger partial charge in [-0.05, 0) is 23.8 Å². The minimum atomic E-state index is -0.851. The molecule has 0 aliphatic carbocycles. The first-order valence-corrected chi connectivity index (χ1v) is 6.38. The number of imide groups is 1. The topological polar surface area (TPSA) is 85.5 Å². The van der Waals surface area contributed by atoms with E-state index in [1.807, 2.05) is 0 Å². The van der Waals surface area contributed by atoms with E-state index in [-0.39, 0.29) is 23.9 Å². The number of halogens is 1. The summed E-state index contributed by atoms with van der Waals surface area (Å²) in [6.45, 7) is 0.152. The second-order valence-electron chi connectivity index (χ2n) is 4.51. The molecule has 0 aliphatic rings. The summed E-state index contributed by atoms with van der Waals surface area (Å²) in [7, 11) is 1.28. The largest absolute Gasteiger partial charge is 0.473 e. The Balaban J connectivity index is 2.00. The van der Waals surface area contributed by atoms with Crippen molar-refractivity contribution in [3.05, 3.63) is 59.5 Å². The van der Waals surface area contributed by atoms with Gasteiger partial charge in [0.15, 0.2) is 0 Å². The van der Waals surface area contributed by atoms with E-state index in [1.54, 1.807) is 12.1 Å². The minimum absolute atomic E-state index is 0.152. The average molecular weight is 303 g/mol. The number of nitrogens with zero attached hydrogens (tertiary/aromatic N) is 2. The number of carbonyl (C=O) groups excluding carboxylic acids is 2. The van der Waals surface area contributed by atoms with E-state index in [0.29, 0.717) is 5.56 Å². The van der Waals surface area contributed by atoms with Crippen LogP contribution in [0.25, 0.3) is 0 Å². The van der Waals surface area contributed by atoms with Crippen molar-refractivity contribution in [3.63, 3.8) is 0 Å². The fraction of sp³-hybridized carbons (Fsp3) is 0.133. The highest BCUT2D eigenvalue weighted by molar-refractivity contribution is 6.03. The summed E-state index contributed by atoms with van der Waals surface area (Å²) in [6, 6.07) is 8.12. The van der Waals surface area contributed by atoms with Crippen molar-refractivity contribution in [2.75, 3.05) is 7.05 Å². The van der Waals surface area contributed by atoms with Crippen LogP contribution in [0.15, 0.2) is 42.6 Å². The number of benzene rings is 1. The van der Waals surface area contributed by atoms with Gasteiger partial charge in [-0.15, -0.1) is 0 Å². The molecule has 2 aromatic rings. The SMILES string of the molecule is CN(C(N)=O)C(=O)c1ccc(OCc2cccc(F)c2)nc1. The predicted octanol–water partition coefficient (Wildman–Crippen LogP) is 1.95. The molecule has 0 unspecified atom stereocenters. The van der Waals surface area contributed by atoms with E-state index in [2.05, 4.69) is 4.98 Å². The van der Waals surface area contributed by atoms with Gasteiger partial charge in [0.05, 0.1) is 5.56 Å². The van der Waals surface area contributed by atoms with Crippen molar-refractivity contribution in [2.45, 2.75) is 6.61 Å². The van der Waals surface area contributed by atoms with Crippen LogP contribution in [-0.2, 0) is 6.61 Å². The molecular formula is C15H14FN3O3. The normalized spacial score (nSPS) is 10.1. The minimum Gasteiger partial charge on any atom is -0.473 e. The van der Waals surface area contributed by atoms with Crippen molar-refractivity contribution < 1.29 is 18.7 Å². The van der Waals surface area contributed by atoms with Crippen LogP contribution in [0.2, 0.25) is 0 Å². The number of pyridine rings is 1. The van der Waals surface area contributed by atoms with Gasteiger partial charge < -0.3 is 10.5 Å². The van der Waals surface area contributed by atoms with Crippen LogP contribution in [-0.4, -0.2) is 28.9 Å². The Morgan fingerprint density at radius 3 is 2.68 bits per heavy atom. The molecule has 114 valence electrons. The summed E-state index contributed by atoms with van der Waals surface area (Å²) in [5.41, 5.74) is 5.89. The van der Waals surface area contributed by atoms with Gasteiger partial charge in [0, 0.05) is 19.3 Å². The first-order valence-electron chi connectivity index (χ1n) is 6.38. The zero-order valence-electron chi connectivity index (χ0n) is 11.8. The molecule has 2 rings (SSSR count). The third-order valence-corrected chi connectivity index (χ3v) is 2.89. The van der Waals surface area contributed by atoms with Crippen molar-refractivity contribution >= 4 is 11.9 Å².